The molecule has 0 fully saturated rings. The summed E-state index contributed by atoms with van der Waals surface area (Å²) < 4.78 is 0. The van der Waals surface area contributed by atoms with Crippen LogP contribution in [0.5, 0.6) is 0 Å². The molecule has 3 amide bonds. The summed E-state index contributed by atoms with van der Waals surface area (Å²) in [4.78, 5) is 68.6. The standard InChI is InChI=1S/C48H60N4O7S/c1-6-38(7-2)52(29-11-28-51(5)41(53)26-27-48(3,4)47(58)59)31-34-12-10-13-36(30-34)43(54)50-45-42(39-14-8-9-15-40(39)60-45)44(55)49-37-24-20-33(21-25-37)17-16-32-18-22-35(23-19-32)46(56)57/h10,12-13,18-25,30,38H,6-9,11,14-17,26-29,31H2,1-5H3,(H,49,55)(H,50,54)(H,56,57)(H,58,59). The Morgan fingerprint density at radius 2 is 1.43 bits per heavy atom. The van der Waals surface area contributed by atoms with Crippen molar-refractivity contribution in [1.82, 2.24) is 9.80 Å². The molecule has 0 spiro atoms. The summed E-state index contributed by atoms with van der Waals surface area (Å²) in [6, 6.07) is 22.6. The maximum atomic E-state index is 14.0. The molecular formula is C48H60N4O7S. The first-order chi connectivity index (χ1) is 28.7. The van der Waals surface area contributed by atoms with Crippen LogP contribution in [0, 0.1) is 5.41 Å². The van der Waals surface area contributed by atoms with E-state index in [0.29, 0.717) is 40.9 Å². The molecule has 0 saturated heterocycles. The van der Waals surface area contributed by atoms with Gasteiger partial charge in [0.2, 0.25) is 5.91 Å². The summed E-state index contributed by atoms with van der Waals surface area (Å²) in [5.74, 6) is -2.43. The van der Waals surface area contributed by atoms with Crippen LogP contribution in [0.2, 0.25) is 0 Å². The number of amides is 3. The number of carboxylic acids is 2. The molecule has 0 saturated carbocycles. The van der Waals surface area contributed by atoms with Crippen molar-refractivity contribution < 1.29 is 34.2 Å². The van der Waals surface area contributed by atoms with E-state index in [9.17, 15) is 29.1 Å². The van der Waals surface area contributed by atoms with Gasteiger partial charge in [-0.1, -0.05) is 50.2 Å². The zero-order valence-electron chi connectivity index (χ0n) is 35.6. The summed E-state index contributed by atoms with van der Waals surface area (Å²) >= 11 is 1.49. The first-order valence-corrected chi connectivity index (χ1v) is 22.0. The Balaban J connectivity index is 1.22. The Morgan fingerprint density at radius 1 is 0.783 bits per heavy atom. The molecule has 0 aliphatic heterocycles. The number of carbonyl (C=O) groups is 5. The fraction of sp³-hybridized carbons (Fsp3) is 0.438. The van der Waals surface area contributed by atoms with Gasteiger partial charge in [-0.15, -0.1) is 11.3 Å². The van der Waals surface area contributed by atoms with Crippen molar-refractivity contribution in [3.8, 4) is 0 Å². The van der Waals surface area contributed by atoms with Crippen LogP contribution in [0.15, 0.2) is 72.8 Å². The number of nitrogens with one attached hydrogen (secondary N) is 2. The Morgan fingerprint density at radius 3 is 2.07 bits per heavy atom. The second-order valence-electron chi connectivity index (χ2n) is 16.5. The molecule has 60 heavy (non-hydrogen) atoms. The number of carboxylic acid groups (broad SMARTS) is 2. The molecule has 320 valence electrons. The quantitative estimate of drug-likeness (QED) is 0.0647. The molecule has 1 aromatic heterocycles. The van der Waals surface area contributed by atoms with E-state index >= 15 is 0 Å². The summed E-state index contributed by atoms with van der Waals surface area (Å²) in [6.45, 7) is 9.57. The van der Waals surface area contributed by atoms with Crippen LogP contribution in [-0.4, -0.2) is 75.9 Å². The molecule has 1 heterocycles. The lowest BCUT2D eigenvalue weighted by atomic mass is 9.88. The smallest absolute Gasteiger partial charge is 0.335 e. The molecule has 0 radical (unpaired) electrons. The number of nitrogens with zero attached hydrogens (tertiary/aromatic N) is 2. The lowest BCUT2D eigenvalue weighted by Crippen LogP contribution is -2.37. The fourth-order valence-electron chi connectivity index (χ4n) is 7.71. The van der Waals surface area contributed by atoms with Crippen LogP contribution in [-0.2, 0) is 41.8 Å². The molecule has 0 unspecified atom stereocenters. The summed E-state index contributed by atoms with van der Waals surface area (Å²) in [5.41, 5.74) is 5.17. The van der Waals surface area contributed by atoms with E-state index in [1.54, 1.807) is 44.0 Å². The lowest BCUT2D eigenvalue weighted by Gasteiger charge is -2.31. The lowest BCUT2D eigenvalue weighted by molar-refractivity contribution is -0.147. The maximum absolute atomic E-state index is 14.0. The van der Waals surface area contributed by atoms with Crippen molar-refractivity contribution >= 4 is 51.7 Å². The van der Waals surface area contributed by atoms with Crippen LogP contribution in [0.3, 0.4) is 0 Å². The van der Waals surface area contributed by atoms with Crippen molar-refractivity contribution in [3.05, 3.63) is 117 Å². The molecule has 4 aromatic rings. The maximum Gasteiger partial charge on any atom is 0.335 e. The van der Waals surface area contributed by atoms with Crippen molar-refractivity contribution in [1.29, 1.82) is 0 Å². The number of thiophene rings is 1. The van der Waals surface area contributed by atoms with Gasteiger partial charge >= 0.3 is 11.9 Å². The van der Waals surface area contributed by atoms with Gasteiger partial charge in [0.1, 0.15) is 5.00 Å². The minimum Gasteiger partial charge on any atom is -0.481 e. The van der Waals surface area contributed by atoms with E-state index in [0.717, 1.165) is 91.5 Å². The molecule has 1 aliphatic carbocycles. The Bertz CT molecular complexity index is 2120. The van der Waals surface area contributed by atoms with Crippen LogP contribution < -0.4 is 10.6 Å². The number of benzene rings is 3. The molecular weight excluding hydrogens is 777 g/mol. The van der Waals surface area contributed by atoms with E-state index in [-0.39, 0.29) is 36.1 Å². The molecule has 1 aliphatic rings. The third-order valence-corrected chi connectivity index (χ3v) is 12.9. The molecule has 3 aromatic carbocycles. The third-order valence-electron chi connectivity index (χ3n) is 11.7. The van der Waals surface area contributed by atoms with Gasteiger partial charge in [0.05, 0.1) is 16.5 Å². The first kappa shape index (κ1) is 45.7. The van der Waals surface area contributed by atoms with Crippen LogP contribution >= 0.6 is 11.3 Å². The van der Waals surface area contributed by atoms with E-state index in [1.165, 1.54) is 11.3 Å². The van der Waals surface area contributed by atoms with E-state index in [1.807, 2.05) is 54.6 Å². The first-order valence-electron chi connectivity index (χ1n) is 21.2. The predicted molar refractivity (Wildman–Crippen MR) is 238 cm³/mol. The molecule has 11 nitrogen and oxygen atoms in total. The van der Waals surface area contributed by atoms with Gasteiger partial charge in [0, 0.05) is 55.3 Å². The van der Waals surface area contributed by atoms with Crippen molar-refractivity contribution in [2.45, 2.75) is 111 Å². The van der Waals surface area contributed by atoms with Gasteiger partial charge in [-0.25, -0.2) is 4.79 Å². The van der Waals surface area contributed by atoms with Gasteiger partial charge in [-0.2, -0.15) is 0 Å². The van der Waals surface area contributed by atoms with E-state index < -0.39 is 17.4 Å². The predicted octanol–water partition coefficient (Wildman–Crippen LogP) is 9.35. The summed E-state index contributed by atoms with van der Waals surface area (Å²) in [6.07, 6.45) is 8.35. The van der Waals surface area contributed by atoms with Crippen molar-refractivity contribution in [2.24, 2.45) is 5.41 Å². The highest BCUT2D eigenvalue weighted by Gasteiger charge is 2.29. The minimum absolute atomic E-state index is 0.0598. The zero-order valence-corrected chi connectivity index (χ0v) is 36.5. The summed E-state index contributed by atoms with van der Waals surface area (Å²) in [7, 11) is 1.77. The summed E-state index contributed by atoms with van der Waals surface area (Å²) in [5, 5.41) is 25.3. The van der Waals surface area contributed by atoms with E-state index in [4.69, 9.17) is 5.11 Å². The topological polar surface area (TPSA) is 156 Å². The van der Waals surface area contributed by atoms with E-state index in [2.05, 4.69) is 29.4 Å². The normalized spacial score (nSPS) is 12.6. The number of hydrogen-bond donors (Lipinski definition) is 4. The number of aromatic carboxylic acids is 1. The average Bonchev–Trinajstić information content (AvgIpc) is 3.60. The number of carbonyl (C=O) groups excluding carboxylic acids is 3. The minimum atomic E-state index is -0.951. The van der Waals surface area contributed by atoms with Crippen LogP contribution in [0.25, 0.3) is 0 Å². The van der Waals surface area contributed by atoms with Crippen LogP contribution in [0.4, 0.5) is 10.7 Å². The second-order valence-corrected chi connectivity index (χ2v) is 17.6. The number of aryl methyl sites for hydroxylation is 3. The van der Waals surface area contributed by atoms with Gasteiger partial charge in [-0.05, 0) is 137 Å². The van der Waals surface area contributed by atoms with Crippen molar-refractivity contribution in [3.63, 3.8) is 0 Å². The van der Waals surface area contributed by atoms with Crippen LogP contribution in [0.1, 0.15) is 131 Å². The number of aliphatic carboxylic acids is 1. The molecule has 12 heteroatoms. The highest BCUT2D eigenvalue weighted by atomic mass is 32.1. The van der Waals surface area contributed by atoms with Crippen molar-refractivity contribution in [2.75, 3.05) is 30.8 Å². The van der Waals surface area contributed by atoms with Gasteiger partial charge < -0.3 is 25.7 Å². The molecule has 0 bridgehead atoms. The number of anilines is 2. The number of fused-ring (bicyclic) bond motifs is 1. The largest absolute Gasteiger partial charge is 0.481 e. The molecule has 4 N–H and O–H groups in total. The Labute approximate surface area is 358 Å². The van der Waals surface area contributed by atoms with Gasteiger partial charge in [0.25, 0.3) is 11.8 Å². The number of rotatable bonds is 21. The third kappa shape index (κ3) is 12.4. The highest BCUT2D eigenvalue weighted by molar-refractivity contribution is 7.17. The Hall–Kier alpha value is -5.33. The average molecular weight is 837 g/mol. The fourth-order valence-corrected chi connectivity index (χ4v) is 9.00. The highest BCUT2D eigenvalue weighted by Crippen LogP contribution is 2.39. The van der Waals surface area contributed by atoms with Gasteiger partial charge in [-0.3, -0.25) is 24.1 Å². The number of hydrogen-bond acceptors (Lipinski definition) is 7. The molecule has 0 atom stereocenters. The zero-order chi connectivity index (χ0) is 43.4. The second kappa shape index (κ2) is 21.3. The molecule has 5 rings (SSSR count). The Kier molecular flexibility index (Phi) is 16.2. The SMILES string of the molecule is CCC(CC)N(CCCN(C)C(=O)CCC(C)(C)C(=O)O)Cc1cccc(C(=O)Nc2sc3c(c2C(=O)Nc2ccc(CCc4ccc(C(=O)O)cc4)cc2)CCCC3)c1. The van der Waals surface area contributed by atoms with Gasteiger partial charge in [0.15, 0.2) is 0 Å². The monoisotopic (exact) mass is 836 g/mol.